The monoisotopic (exact) mass is 328 g/mol. The second-order valence-electron chi connectivity index (χ2n) is 6.13. The van der Waals surface area contributed by atoms with E-state index in [1.54, 1.807) is 24.5 Å². The van der Waals surface area contributed by atoms with Crippen molar-refractivity contribution in [3.8, 4) is 0 Å². The first-order chi connectivity index (χ1) is 11.6. The first kappa shape index (κ1) is 16.6. The third kappa shape index (κ3) is 3.79. The highest BCUT2D eigenvalue weighted by Crippen LogP contribution is 2.25. The van der Waals surface area contributed by atoms with Crippen LogP contribution in [0, 0.1) is 5.82 Å². The Kier molecular flexibility index (Phi) is 5.20. The van der Waals surface area contributed by atoms with E-state index in [4.69, 9.17) is 4.74 Å². The summed E-state index contributed by atoms with van der Waals surface area (Å²) in [5.41, 5.74) is 1.81. The molecular formula is C19H21FN2O2. The predicted molar refractivity (Wildman–Crippen MR) is 89.1 cm³/mol. The van der Waals surface area contributed by atoms with E-state index in [0.717, 1.165) is 11.1 Å². The van der Waals surface area contributed by atoms with Crippen molar-refractivity contribution in [3.05, 3.63) is 65.7 Å². The van der Waals surface area contributed by atoms with Crippen molar-refractivity contribution in [3.63, 3.8) is 0 Å². The molecular weight excluding hydrogens is 307 g/mol. The van der Waals surface area contributed by atoms with Gasteiger partial charge in [-0.3, -0.25) is 9.78 Å². The Bertz CT molecular complexity index is 676. The van der Waals surface area contributed by atoms with Crippen molar-refractivity contribution >= 4 is 5.91 Å². The number of halogens is 1. The molecule has 2 atom stereocenters. The van der Waals surface area contributed by atoms with Gasteiger partial charge in [0.2, 0.25) is 5.91 Å². The van der Waals surface area contributed by atoms with Crippen molar-refractivity contribution in [2.24, 2.45) is 0 Å². The maximum Gasteiger partial charge on any atom is 0.230 e. The van der Waals surface area contributed by atoms with Crippen molar-refractivity contribution in [2.45, 2.75) is 25.3 Å². The molecule has 1 aliphatic rings. The van der Waals surface area contributed by atoms with E-state index < -0.39 is 0 Å². The van der Waals surface area contributed by atoms with Crippen LogP contribution >= 0.6 is 0 Å². The van der Waals surface area contributed by atoms with Gasteiger partial charge in [0.25, 0.3) is 0 Å². The van der Waals surface area contributed by atoms with Gasteiger partial charge in [-0.1, -0.05) is 18.2 Å². The molecule has 1 amide bonds. The van der Waals surface area contributed by atoms with Crippen LogP contribution in [-0.4, -0.2) is 41.6 Å². The van der Waals surface area contributed by atoms with Gasteiger partial charge in [0.1, 0.15) is 5.82 Å². The van der Waals surface area contributed by atoms with Gasteiger partial charge in [0.05, 0.1) is 25.2 Å². The second kappa shape index (κ2) is 7.53. The summed E-state index contributed by atoms with van der Waals surface area (Å²) in [6.07, 6.45) is 4.02. The quantitative estimate of drug-likeness (QED) is 0.867. The first-order valence-electron chi connectivity index (χ1n) is 8.18. The van der Waals surface area contributed by atoms with Crippen LogP contribution in [-0.2, 0) is 16.0 Å². The fraction of sp³-hybridized carbons (Fsp3) is 0.368. The van der Waals surface area contributed by atoms with Gasteiger partial charge in [-0.15, -0.1) is 0 Å². The number of benzene rings is 1. The normalized spacial score (nSPS) is 19.1. The molecule has 2 heterocycles. The SMILES string of the molecule is CC1COCCN1C(=O)C(Cc1cccnc1)c1ccc(F)cc1. The molecule has 126 valence electrons. The summed E-state index contributed by atoms with van der Waals surface area (Å²) >= 11 is 0. The lowest BCUT2D eigenvalue weighted by molar-refractivity contribution is -0.140. The molecule has 4 nitrogen and oxygen atoms in total. The van der Waals surface area contributed by atoms with Crippen LogP contribution in [0.1, 0.15) is 24.0 Å². The van der Waals surface area contributed by atoms with Crippen molar-refractivity contribution < 1.29 is 13.9 Å². The molecule has 0 saturated carbocycles. The Morgan fingerprint density at radius 3 is 2.83 bits per heavy atom. The molecule has 5 heteroatoms. The van der Waals surface area contributed by atoms with E-state index in [2.05, 4.69) is 4.98 Å². The number of aromatic nitrogens is 1. The average Bonchev–Trinajstić information content (AvgIpc) is 2.61. The highest BCUT2D eigenvalue weighted by molar-refractivity contribution is 5.84. The standard InChI is InChI=1S/C19H21FN2O2/c1-14-13-24-10-9-22(14)19(23)18(11-15-3-2-8-21-12-15)16-4-6-17(20)7-5-16/h2-8,12,14,18H,9-11,13H2,1H3. The van der Waals surface area contributed by atoms with Crippen LogP contribution in [0.2, 0.25) is 0 Å². The maximum atomic E-state index is 13.3. The smallest absolute Gasteiger partial charge is 0.230 e. The molecule has 0 spiro atoms. The highest BCUT2D eigenvalue weighted by Gasteiger charge is 2.31. The van der Waals surface area contributed by atoms with Crippen molar-refractivity contribution in [1.29, 1.82) is 0 Å². The molecule has 3 rings (SSSR count). The average molecular weight is 328 g/mol. The lowest BCUT2D eigenvalue weighted by Crippen LogP contribution is -2.49. The van der Waals surface area contributed by atoms with Crippen molar-refractivity contribution in [1.82, 2.24) is 9.88 Å². The number of hydrogen-bond acceptors (Lipinski definition) is 3. The van der Waals surface area contributed by atoms with Gasteiger partial charge >= 0.3 is 0 Å². The topological polar surface area (TPSA) is 42.4 Å². The Morgan fingerprint density at radius 2 is 2.17 bits per heavy atom. The zero-order chi connectivity index (χ0) is 16.9. The highest BCUT2D eigenvalue weighted by atomic mass is 19.1. The maximum absolute atomic E-state index is 13.3. The third-order valence-electron chi connectivity index (χ3n) is 4.38. The Labute approximate surface area is 141 Å². The van der Waals surface area contributed by atoms with Gasteiger partial charge < -0.3 is 9.64 Å². The molecule has 0 bridgehead atoms. The number of morpholine rings is 1. The number of pyridine rings is 1. The van der Waals surface area contributed by atoms with Gasteiger partial charge in [-0.25, -0.2) is 4.39 Å². The molecule has 0 radical (unpaired) electrons. The molecule has 0 N–H and O–H groups in total. The van der Waals surface area contributed by atoms with E-state index in [0.29, 0.717) is 26.2 Å². The van der Waals surface area contributed by atoms with Crippen LogP contribution in [0.5, 0.6) is 0 Å². The minimum Gasteiger partial charge on any atom is -0.377 e. The summed E-state index contributed by atoms with van der Waals surface area (Å²) in [4.78, 5) is 19.2. The first-order valence-corrected chi connectivity index (χ1v) is 8.18. The lowest BCUT2D eigenvalue weighted by Gasteiger charge is -2.36. The molecule has 2 aromatic rings. The van der Waals surface area contributed by atoms with Crippen LogP contribution in [0.25, 0.3) is 0 Å². The minimum absolute atomic E-state index is 0.0445. The van der Waals surface area contributed by atoms with E-state index in [1.807, 2.05) is 24.0 Å². The predicted octanol–water partition coefficient (Wildman–Crippen LogP) is 2.79. The van der Waals surface area contributed by atoms with Gasteiger partial charge in [-0.05, 0) is 42.7 Å². The summed E-state index contributed by atoms with van der Waals surface area (Å²) < 4.78 is 18.7. The summed E-state index contributed by atoms with van der Waals surface area (Å²) in [7, 11) is 0. The molecule has 1 aliphatic heterocycles. The van der Waals surface area contributed by atoms with Gasteiger partial charge in [-0.2, -0.15) is 0 Å². The number of hydrogen-bond donors (Lipinski definition) is 0. The van der Waals surface area contributed by atoms with E-state index in [9.17, 15) is 9.18 Å². The molecule has 1 fully saturated rings. The molecule has 1 aromatic heterocycles. The summed E-state index contributed by atoms with van der Waals surface area (Å²) in [5.74, 6) is -0.595. The fourth-order valence-electron chi connectivity index (χ4n) is 3.05. The minimum atomic E-state index is -0.352. The second-order valence-corrected chi connectivity index (χ2v) is 6.13. The largest absolute Gasteiger partial charge is 0.377 e. The van der Waals surface area contributed by atoms with Crippen LogP contribution in [0.4, 0.5) is 4.39 Å². The van der Waals surface area contributed by atoms with Crippen molar-refractivity contribution in [2.75, 3.05) is 19.8 Å². The molecule has 1 saturated heterocycles. The van der Waals surface area contributed by atoms with Crippen LogP contribution in [0.3, 0.4) is 0 Å². The fourth-order valence-corrected chi connectivity index (χ4v) is 3.05. The number of ether oxygens (including phenoxy) is 1. The van der Waals surface area contributed by atoms with Crippen LogP contribution < -0.4 is 0 Å². The summed E-state index contributed by atoms with van der Waals surface area (Å²) in [6, 6.07) is 10.1. The third-order valence-corrected chi connectivity index (χ3v) is 4.38. The Morgan fingerprint density at radius 1 is 1.38 bits per heavy atom. The lowest BCUT2D eigenvalue weighted by atomic mass is 9.90. The Hall–Kier alpha value is -2.27. The van der Waals surface area contributed by atoms with E-state index in [-0.39, 0.29) is 23.7 Å². The number of amides is 1. The van der Waals surface area contributed by atoms with Gasteiger partial charge in [0, 0.05) is 18.9 Å². The summed E-state index contributed by atoms with van der Waals surface area (Å²) in [5, 5.41) is 0. The number of carbonyl (C=O) groups excluding carboxylic acids is 1. The Balaban J connectivity index is 1.88. The summed E-state index contributed by atoms with van der Waals surface area (Å²) in [6.45, 7) is 3.68. The van der Waals surface area contributed by atoms with Gasteiger partial charge in [0.15, 0.2) is 0 Å². The van der Waals surface area contributed by atoms with E-state index >= 15 is 0 Å². The zero-order valence-corrected chi connectivity index (χ0v) is 13.7. The molecule has 1 aromatic carbocycles. The number of carbonyl (C=O) groups is 1. The molecule has 0 aliphatic carbocycles. The van der Waals surface area contributed by atoms with Crippen LogP contribution in [0.15, 0.2) is 48.8 Å². The number of rotatable bonds is 4. The molecule has 24 heavy (non-hydrogen) atoms. The van der Waals surface area contributed by atoms with E-state index in [1.165, 1.54) is 12.1 Å². The number of nitrogens with zero attached hydrogens (tertiary/aromatic N) is 2. The molecule has 2 unspecified atom stereocenters. The zero-order valence-electron chi connectivity index (χ0n) is 13.7.